The number of rotatable bonds is 7. The average molecular weight is 271 g/mol. The highest BCUT2D eigenvalue weighted by Gasteiger charge is 2.11. The van der Waals surface area contributed by atoms with E-state index in [2.05, 4.69) is 9.97 Å². The predicted molar refractivity (Wildman–Crippen MR) is 79.3 cm³/mol. The molecule has 0 fully saturated rings. The van der Waals surface area contributed by atoms with Gasteiger partial charge in [-0.1, -0.05) is 0 Å². The standard InChI is InChI=1S/C16H21N3O/c1-2-19(13-9-14-7-11-17-12-8-14)16(20)6-5-15-4-3-10-18-15/h3-4,7-8,10-12,18H,2,5-6,9,13H2,1H3. The number of aryl methyl sites for hydroxylation is 1. The summed E-state index contributed by atoms with van der Waals surface area (Å²) in [7, 11) is 0. The number of nitrogens with one attached hydrogen (secondary N) is 1. The topological polar surface area (TPSA) is 49.0 Å². The normalized spacial score (nSPS) is 10.4. The molecule has 1 amide bonds. The van der Waals surface area contributed by atoms with Crippen LogP contribution in [0.25, 0.3) is 0 Å². The van der Waals surface area contributed by atoms with E-state index < -0.39 is 0 Å². The highest BCUT2D eigenvalue weighted by Crippen LogP contribution is 2.05. The molecule has 0 unspecified atom stereocenters. The number of hydrogen-bond donors (Lipinski definition) is 1. The van der Waals surface area contributed by atoms with Gasteiger partial charge in [0.05, 0.1) is 0 Å². The first-order valence-electron chi connectivity index (χ1n) is 7.08. The molecule has 0 aliphatic rings. The molecule has 106 valence electrons. The molecule has 0 aliphatic heterocycles. The van der Waals surface area contributed by atoms with Crippen LogP contribution in [-0.4, -0.2) is 33.9 Å². The van der Waals surface area contributed by atoms with Gasteiger partial charge in [0.15, 0.2) is 0 Å². The van der Waals surface area contributed by atoms with Crippen molar-refractivity contribution in [3.8, 4) is 0 Å². The van der Waals surface area contributed by atoms with E-state index in [0.29, 0.717) is 6.42 Å². The number of aromatic amines is 1. The van der Waals surface area contributed by atoms with Gasteiger partial charge in [-0.15, -0.1) is 0 Å². The fourth-order valence-corrected chi connectivity index (χ4v) is 2.20. The van der Waals surface area contributed by atoms with Crippen molar-refractivity contribution in [2.75, 3.05) is 13.1 Å². The molecule has 0 spiro atoms. The maximum atomic E-state index is 12.2. The van der Waals surface area contributed by atoms with Crippen molar-refractivity contribution < 1.29 is 4.79 Å². The van der Waals surface area contributed by atoms with E-state index in [4.69, 9.17) is 0 Å². The highest BCUT2D eigenvalue weighted by molar-refractivity contribution is 5.76. The molecule has 2 heterocycles. The van der Waals surface area contributed by atoms with Gasteiger partial charge in [-0.3, -0.25) is 9.78 Å². The van der Waals surface area contributed by atoms with Gasteiger partial charge < -0.3 is 9.88 Å². The van der Waals surface area contributed by atoms with Crippen molar-refractivity contribution in [3.05, 3.63) is 54.1 Å². The van der Waals surface area contributed by atoms with Crippen molar-refractivity contribution in [1.82, 2.24) is 14.9 Å². The lowest BCUT2D eigenvalue weighted by atomic mass is 10.1. The van der Waals surface area contributed by atoms with Gasteiger partial charge in [0, 0.05) is 43.8 Å². The Bertz CT molecular complexity index is 508. The summed E-state index contributed by atoms with van der Waals surface area (Å²) in [6.45, 7) is 3.55. The van der Waals surface area contributed by atoms with Gasteiger partial charge in [0.25, 0.3) is 0 Å². The molecule has 20 heavy (non-hydrogen) atoms. The molecule has 2 aromatic heterocycles. The fraction of sp³-hybridized carbons (Fsp3) is 0.375. The quantitative estimate of drug-likeness (QED) is 0.841. The molecule has 0 atom stereocenters. The van der Waals surface area contributed by atoms with Gasteiger partial charge in [-0.25, -0.2) is 0 Å². The van der Waals surface area contributed by atoms with Crippen LogP contribution >= 0.6 is 0 Å². The first-order chi connectivity index (χ1) is 9.79. The van der Waals surface area contributed by atoms with E-state index in [0.717, 1.165) is 31.6 Å². The van der Waals surface area contributed by atoms with Crippen LogP contribution in [0.15, 0.2) is 42.9 Å². The van der Waals surface area contributed by atoms with Gasteiger partial charge in [0.1, 0.15) is 0 Å². The first-order valence-corrected chi connectivity index (χ1v) is 7.08. The third-order valence-corrected chi connectivity index (χ3v) is 3.42. The van der Waals surface area contributed by atoms with E-state index in [1.165, 1.54) is 5.56 Å². The third kappa shape index (κ3) is 4.23. The highest BCUT2D eigenvalue weighted by atomic mass is 16.2. The molecule has 0 aromatic carbocycles. The molecule has 2 rings (SSSR count). The number of hydrogen-bond acceptors (Lipinski definition) is 2. The van der Waals surface area contributed by atoms with E-state index >= 15 is 0 Å². The fourth-order valence-electron chi connectivity index (χ4n) is 2.20. The average Bonchev–Trinajstić information content (AvgIpc) is 3.00. The summed E-state index contributed by atoms with van der Waals surface area (Å²) < 4.78 is 0. The minimum Gasteiger partial charge on any atom is -0.365 e. The van der Waals surface area contributed by atoms with Crippen molar-refractivity contribution in [2.45, 2.75) is 26.2 Å². The Labute approximate surface area is 119 Å². The Hall–Kier alpha value is -2.10. The molecular formula is C16H21N3O. The summed E-state index contributed by atoms with van der Waals surface area (Å²) in [6.07, 6.45) is 7.69. The van der Waals surface area contributed by atoms with Crippen molar-refractivity contribution in [2.24, 2.45) is 0 Å². The van der Waals surface area contributed by atoms with Gasteiger partial charge in [0.2, 0.25) is 5.91 Å². The number of aromatic nitrogens is 2. The van der Waals surface area contributed by atoms with Crippen molar-refractivity contribution in [3.63, 3.8) is 0 Å². The SMILES string of the molecule is CCN(CCc1ccncc1)C(=O)CCc1ccc[nH]1. The summed E-state index contributed by atoms with van der Waals surface area (Å²) in [6, 6.07) is 7.97. The molecule has 0 aliphatic carbocycles. The Morgan fingerprint density at radius 3 is 2.70 bits per heavy atom. The Balaban J connectivity index is 1.80. The van der Waals surface area contributed by atoms with Crippen molar-refractivity contribution in [1.29, 1.82) is 0 Å². The molecule has 4 nitrogen and oxygen atoms in total. The second kappa shape index (κ2) is 7.48. The molecule has 0 saturated carbocycles. The summed E-state index contributed by atoms with van der Waals surface area (Å²) in [4.78, 5) is 21.2. The first kappa shape index (κ1) is 14.3. The maximum Gasteiger partial charge on any atom is 0.222 e. The number of carbonyl (C=O) groups is 1. The summed E-state index contributed by atoms with van der Waals surface area (Å²) >= 11 is 0. The van der Waals surface area contributed by atoms with Crippen LogP contribution in [0.1, 0.15) is 24.6 Å². The predicted octanol–water partition coefficient (Wildman–Crippen LogP) is 2.43. The summed E-state index contributed by atoms with van der Waals surface area (Å²) in [5.74, 6) is 0.219. The number of likely N-dealkylation sites (N-methyl/N-ethyl adjacent to an activating group) is 1. The summed E-state index contributed by atoms with van der Waals surface area (Å²) in [5, 5.41) is 0. The summed E-state index contributed by atoms with van der Waals surface area (Å²) in [5.41, 5.74) is 2.33. The zero-order chi connectivity index (χ0) is 14.2. The van der Waals surface area contributed by atoms with Gasteiger partial charge in [-0.2, -0.15) is 0 Å². The zero-order valence-electron chi connectivity index (χ0n) is 11.9. The van der Waals surface area contributed by atoms with Gasteiger partial charge >= 0.3 is 0 Å². The van der Waals surface area contributed by atoms with Crippen LogP contribution in [0.3, 0.4) is 0 Å². The molecule has 0 radical (unpaired) electrons. The monoisotopic (exact) mass is 271 g/mol. The molecule has 1 N–H and O–H groups in total. The molecule has 4 heteroatoms. The third-order valence-electron chi connectivity index (χ3n) is 3.42. The second-order valence-electron chi connectivity index (χ2n) is 4.77. The van der Waals surface area contributed by atoms with Crippen molar-refractivity contribution >= 4 is 5.91 Å². The number of amides is 1. The maximum absolute atomic E-state index is 12.2. The van der Waals surface area contributed by atoms with Crippen LogP contribution in [0.5, 0.6) is 0 Å². The molecule has 0 saturated heterocycles. The molecular weight excluding hydrogens is 250 g/mol. The Morgan fingerprint density at radius 2 is 2.05 bits per heavy atom. The van der Waals surface area contributed by atoms with E-state index in [-0.39, 0.29) is 5.91 Å². The van der Waals surface area contributed by atoms with Crippen LogP contribution in [0, 0.1) is 0 Å². The minimum absolute atomic E-state index is 0.219. The number of pyridine rings is 1. The molecule has 2 aromatic rings. The minimum atomic E-state index is 0.219. The molecule has 0 bridgehead atoms. The van der Waals surface area contributed by atoms with Crippen LogP contribution in [-0.2, 0) is 17.6 Å². The number of nitrogens with zero attached hydrogens (tertiary/aromatic N) is 2. The lowest BCUT2D eigenvalue weighted by Gasteiger charge is -2.20. The number of H-pyrrole nitrogens is 1. The largest absolute Gasteiger partial charge is 0.365 e. The lowest BCUT2D eigenvalue weighted by Crippen LogP contribution is -2.32. The van der Waals surface area contributed by atoms with E-state index in [9.17, 15) is 4.79 Å². The van der Waals surface area contributed by atoms with Gasteiger partial charge in [-0.05, 0) is 49.6 Å². The van der Waals surface area contributed by atoms with E-state index in [1.807, 2.05) is 42.3 Å². The van der Waals surface area contributed by atoms with Crippen LogP contribution in [0.4, 0.5) is 0 Å². The lowest BCUT2D eigenvalue weighted by molar-refractivity contribution is -0.130. The second-order valence-corrected chi connectivity index (χ2v) is 4.77. The number of carbonyl (C=O) groups excluding carboxylic acids is 1. The van der Waals surface area contributed by atoms with Crippen LogP contribution < -0.4 is 0 Å². The zero-order valence-corrected chi connectivity index (χ0v) is 11.9. The van der Waals surface area contributed by atoms with Crippen LogP contribution in [0.2, 0.25) is 0 Å². The van der Waals surface area contributed by atoms with E-state index in [1.54, 1.807) is 12.4 Å². The Kier molecular flexibility index (Phi) is 5.35. The smallest absolute Gasteiger partial charge is 0.222 e. The Morgan fingerprint density at radius 1 is 1.25 bits per heavy atom.